The summed E-state index contributed by atoms with van der Waals surface area (Å²) in [6, 6.07) is -5.94. The van der Waals surface area contributed by atoms with Crippen molar-refractivity contribution in [3.63, 3.8) is 0 Å². The molecule has 6 rings (SSSR count). The molecule has 0 aromatic carbocycles. The first kappa shape index (κ1) is 32.4. The number of hydrazine groups is 1. The largest absolute Gasteiger partial charge is 0.348 e. The molecular formula is C36H54N10O9. The van der Waals surface area contributed by atoms with E-state index in [1.807, 2.05) is 0 Å². The number of carbonyl (C=O) groups is 9. The molecule has 6 aliphatic heterocycles. The van der Waals surface area contributed by atoms with Crippen LogP contribution in [-0.4, -0.2) is 191 Å². The molecule has 19 heteroatoms. The van der Waals surface area contributed by atoms with Gasteiger partial charge in [0.2, 0.25) is 35.4 Å². The number of likely N-dealkylation sites (tertiary alicyclic amines) is 5. The van der Waals surface area contributed by atoms with Crippen molar-refractivity contribution in [1.82, 2.24) is 50.5 Å². The van der Waals surface area contributed by atoms with Gasteiger partial charge >= 0.3 is 6.03 Å². The summed E-state index contributed by atoms with van der Waals surface area (Å²) in [7, 11) is 1.72. The van der Waals surface area contributed by atoms with Crippen LogP contribution in [0.1, 0.15) is 78.7 Å². The number of amides is 9. The SMILES string of the molecule is [3H]C1CC(C(=O)N2CC([3H])CC2C(=O)NCC(=O)NCC(=O)N2CC([3H])CN2C(=O)N2CC([3H])CC2C(=O)N2CC([3H])CC2C(=O)N2CC([3H])CC2C(=O)NCC=O)N(C)C1. The minimum atomic E-state index is -1.26. The van der Waals surface area contributed by atoms with Crippen LogP contribution in [0.25, 0.3) is 0 Å². The molecular weight excluding hydrogens is 716 g/mol. The smallest absolute Gasteiger partial charge is 0.339 e. The normalized spacial score (nSPS) is 36.4. The molecule has 0 aromatic rings. The van der Waals surface area contributed by atoms with E-state index in [0.29, 0.717) is 19.3 Å². The van der Waals surface area contributed by atoms with Gasteiger partial charge in [0.05, 0.1) is 25.7 Å². The number of hydrogen-bond acceptors (Lipinski definition) is 10. The van der Waals surface area contributed by atoms with Crippen molar-refractivity contribution < 1.29 is 51.4 Å². The Morgan fingerprint density at radius 1 is 0.545 bits per heavy atom. The number of hydrogen-bond donors (Lipinski definition) is 3. The van der Waals surface area contributed by atoms with Crippen LogP contribution in [0.15, 0.2) is 0 Å². The van der Waals surface area contributed by atoms with Crippen LogP contribution in [-0.2, 0) is 38.4 Å². The fourth-order valence-corrected chi connectivity index (χ4v) is 7.96. The zero-order valence-corrected chi connectivity index (χ0v) is 30.8. The first-order valence-corrected chi connectivity index (χ1v) is 18.7. The zero-order valence-electron chi connectivity index (χ0n) is 36.8. The Morgan fingerprint density at radius 2 is 1.02 bits per heavy atom. The van der Waals surface area contributed by atoms with Crippen LogP contribution in [0.2, 0.25) is 0 Å². The second-order valence-electron chi connectivity index (χ2n) is 14.3. The Bertz CT molecular complexity index is 1770. The van der Waals surface area contributed by atoms with E-state index in [4.69, 9.17) is 8.22 Å². The van der Waals surface area contributed by atoms with E-state index in [-0.39, 0.29) is 77.4 Å². The molecule has 0 saturated carbocycles. The molecule has 0 bridgehead atoms. The van der Waals surface area contributed by atoms with E-state index in [1.165, 1.54) is 14.7 Å². The first-order valence-electron chi connectivity index (χ1n) is 22.1. The van der Waals surface area contributed by atoms with E-state index in [9.17, 15) is 43.2 Å². The highest BCUT2D eigenvalue weighted by molar-refractivity contribution is 5.96. The minimum absolute atomic E-state index is 0.0128. The predicted octanol–water partition coefficient (Wildman–Crippen LogP) is -2.37. The molecule has 6 saturated heterocycles. The molecule has 0 radical (unpaired) electrons. The number of urea groups is 1. The molecule has 55 heavy (non-hydrogen) atoms. The highest BCUT2D eigenvalue weighted by atomic mass is 16.2. The second kappa shape index (κ2) is 17.8. The van der Waals surface area contributed by atoms with Crippen LogP contribution >= 0.6 is 0 Å². The Labute approximate surface area is 328 Å². The number of carbonyl (C=O) groups excluding carboxylic acids is 9. The number of nitrogens with zero attached hydrogens (tertiary/aromatic N) is 7. The van der Waals surface area contributed by atoms with Gasteiger partial charge in [-0.15, -0.1) is 0 Å². The van der Waals surface area contributed by atoms with Crippen molar-refractivity contribution in [3.05, 3.63) is 0 Å². The fraction of sp³-hybridized carbons (Fsp3) is 0.750. The molecule has 11 unspecified atom stereocenters. The number of nitrogens with one attached hydrogen (secondary N) is 3. The van der Waals surface area contributed by atoms with Gasteiger partial charge in [0.1, 0.15) is 30.5 Å². The Hall–Kier alpha value is -4.81. The van der Waals surface area contributed by atoms with Crippen molar-refractivity contribution in [2.45, 2.75) is 101 Å². The summed E-state index contributed by atoms with van der Waals surface area (Å²) in [5.74, 6) is -4.52. The summed E-state index contributed by atoms with van der Waals surface area (Å²) >= 11 is 0. The molecule has 6 heterocycles. The van der Waals surface area contributed by atoms with Gasteiger partial charge in [0, 0.05) is 47.5 Å². The van der Waals surface area contributed by atoms with E-state index in [2.05, 4.69) is 16.0 Å². The highest BCUT2D eigenvalue weighted by Gasteiger charge is 2.47. The molecule has 11 atom stereocenters. The molecule has 6 fully saturated rings. The highest BCUT2D eigenvalue weighted by Crippen LogP contribution is 2.30. The monoisotopic (exact) mass is 782 g/mol. The standard InChI is InChI=1S/C36H54N10O9/c1-40-14-2-10-26(40)33(52)41-15-4-9-25(41)32(51)39-22-29(48)38-23-30(49)45-19-7-20-46(45)36(55)44-18-6-12-28(44)35(54)43-17-5-11-27(43)34(53)42-16-3-8-24(42)31(50)37-13-21-47/h21,24-28H,2-20,22-23H2,1H3,(H,37,50)(H,38,48)(H,39,51)/i2T,3T,4T,5T,6T,7T. The minimum Gasteiger partial charge on any atom is -0.348 e. The zero-order chi connectivity index (χ0) is 44.4. The molecule has 0 spiro atoms. The quantitative estimate of drug-likeness (QED) is 0.190. The van der Waals surface area contributed by atoms with Crippen molar-refractivity contribution in [3.8, 4) is 0 Å². The van der Waals surface area contributed by atoms with Gasteiger partial charge in [-0.25, -0.2) is 14.8 Å². The van der Waals surface area contributed by atoms with Crippen LogP contribution in [0, 0.1) is 0 Å². The third-order valence-electron chi connectivity index (χ3n) is 10.9. The van der Waals surface area contributed by atoms with Crippen molar-refractivity contribution in [2.75, 3.05) is 72.5 Å². The summed E-state index contributed by atoms with van der Waals surface area (Å²) < 4.78 is 49.7. The summed E-state index contributed by atoms with van der Waals surface area (Å²) in [5.41, 5.74) is 0. The average molecular weight is 783 g/mol. The van der Waals surface area contributed by atoms with E-state index < -0.39 is 123 Å². The van der Waals surface area contributed by atoms with Crippen LogP contribution in [0.5, 0.6) is 0 Å². The van der Waals surface area contributed by atoms with E-state index in [1.54, 1.807) is 11.9 Å². The number of rotatable bonds is 11. The molecule has 3 N–H and O–H groups in total. The maximum absolute atomic E-state index is 14.2. The molecule has 19 nitrogen and oxygen atoms in total. The lowest BCUT2D eigenvalue weighted by Gasteiger charge is -2.36. The molecule has 9 amide bonds. The van der Waals surface area contributed by atoms with Gasteiger partial charge in [-0.2, -0.15) is 0 Å². The number of likely N-dealkylation sites (N-methyl/N-ethyl adjacent to an activating group) is 1. The maximum Gasteiger partial charge on any atom is 0.339 e. The van der Waals surface area contributed by atoms with Gasteiger partial charge in [-0.3, -0.25) is 38.5 Å². The molecule has 6 aliphatic rings. The third-order valence-corrected chi connectivity index (χ3v) is 10.9. The summed E-state index contributed by atoms with van der Waals surface area (Å²) in [6.07, 6.45) is -4.05. The third kappa shape index (κ3) is 8.55. The lowest BCUT2D eigenvalue weighted by Crippen LogP contribution is -2.58. The van der Waals surface area contributed by atoms with E-state index in [0.717, 1.165) is 14.9 Å². The molecule has 0 aliphatic carbocycles. The van der Waals surface area contributed by atoms with Gasteiger partial charge in [0.25, 0.3) is 5.91 Å². The van der Waals surface area contributed by atoms with Crippen molar-refractivity contribution in [2.24, 2.45) is 0 Å². The van der Waals surface area contributed by atoms with Gasteiger partial charge in [0.15, 0.2) is 0 Å². The fourth-order valence-electron chi connectivity index (χ4n) is 7.96. The first-order chi connectivity index (χ1) is 28.9. The van der Waals surface area contributed by atoms with Gasteiger partial charge in [-0.1, -0.05) is 0 Å². The van der Waals surface area contributed by atoms with Crippen LogP contribution in [0.3, 0.4) is 0 Å². The predicted molar refractivity (Wildman–Crippen MR) is 193 cm³/mol. The average Bonchev–Trinajstić information content (AvgIpc) is 4.08. The van der Waals surface area contributed by atoms with Crippen molar-refractivity contribution in [1.29, 1.82) is 0 Å². The van der Waals surface area contributed by atoms with Gasteiger partial charge in [-0.05, 0) is 84.1 Å². The van der Waals surface area contributed by atoms with E-state index >= 15 is 0 Å². The van der Waals surface area contributed by atoms with Crippen LogP contribution in [0.4, 0.5) is 4.79 Å². The van der Waals surface area contributed by atoms with Crippen LogP contribution < -0.4 is 16.0 Å². The van der Waals surface area contributed by atoms with Gasteiger partial charge < -0.3 is 40.3 Å². The lowest BCUT2D eigenvalue weighted by atomic mass is 10.1. The summed E-state index contributed by atoms with van der Waals surface area (Å²) in [5, 5.41) is 9.19. The summed E-state index contributed by atoms with van der Waals surface area (Å²) in [6.45, 7) is -2.03. The second-order valence-corrected chi connectivity index (χ2v) is 14.3. The summed E-state index contributed by atoms with van der Waals surface area (Å²) in [4.78, 5) is 125. The molecule has 302 valence electrons. The molecule has 0 aromatic heterocycles. The Morgan fingerprint density at radius 3 is 1.60 bits per heavy atom. The lowest BCUT2D eigenvalue weighted by molar-refractivity contribution is -0.148. The topological polar surface area (TPSA) is 212 Å². The maximum atomic E-state index is 14.2. The Kier molecular flexibility index (Phi) is 10.5. The number of aldehydes is 1. The van der Waals surface area contributed by atoms with Crippen molar-refractivity contribution >= 4 is 53.7 Å². The Balaban J connectivity index is 1.05.